The zero-order chi connectivity index (χ0) is 16.5. The van der Waals surface area contributed by atoms with Gasteiger partial charge in [-0.25, -0.2) is 27.0 Å². The summed E-state index contributed by atoms with van der Waals surface area (Å²) in [6.45, 7) is 0. The van der Waals surface area contributed by atoms with Crippen LogP contribution in [0.15, 0.2) is 35.7 Å². The lowest BCUT2D eigenvalue weighted by Gasteiger charge is -2.14. The summed E-state index contributed by atoms with van der Waals surface area (Å²) in [7, 11) is -2.74. The molecule has 0 unspecified atom stereocenters. The SMILES string of the molecule is COC(=O)c1cc(S(C)(=O)=O)c(-n2ccnc2)cc1C(F)F. The Morgan fingerprint density at radius 2 is 2.05 bits per heavy atom. The van der Waals surface area contributed by atoms with Crippen LogP contribution in [0.3, 0.4) is 0 Å². The first-order chi connectivity index (χ1) is 10.3. The van der Waals surface area contributed by atoms with Crippen LogP contribution in [0.4, 0.5) is 8.78 Å². The Morgan fingerprint density at radius 3 is 2.50 bits per heavy atom. The first kappa shape index (κ1) is 16.1. The summed E-state index contributed by atoms with van der Waals surface area (Å²) in [6, 6.07) is 1.85. The number of ether oxygens (including phenoxy) is 1. The van der Waals surface area contributed by atoms with Crippen molar-refractivity contribution >= 4 is 15.8 Å². The molecule has 0 saturated heterocycles. The lowest BCUT2D eigenvalue weighted by molar-refractivity contribution is 0.0589. The van der Waals surface area contributed by atoms with E-state index in [4.69, 9.17) is 0 Å². The number of aromatic nitrogens is 2. The highest BCUT2D eigenvalue weighted by Gasteiger charge is 2.25. The number of hydrogen-bond donors (Lipinski definition) is 0. The van der Waals surface area contributed by atoms with E-state index < -0.39 is 33.4 Å². The second-order valence-electron chi connectivity index (χ2n) is 4.44. The molecule has 22 heavy (non-hydrogen) atoms. The van der Waals surface area contributed by atoms with Crippen molar-refractivity contribution in [1.29, 1.82) is 0 Å². The van der Waals surface area contributed by atoms with Gasteiger partial charge in [-0.05, 0) is 12.1 Å². The van der Waals surface area contributed by atoms with Crippen molar-refractivity contribution < 1.29 is 26.7 Å². The molecule has 0 fully saturated rings. The summed E-state index contributed by atoms with van der Waals surface area (Å²) in [5, 5.41) is 0. The lowest BCUT2D eigenvalue weighted by Crippen LogP contribution is -2.12. The molecule has 1 aromatic carbocycles. The summed E-state index contributed by atoms with van der Waals surface area (Å²) < 4.78 is 55.9. The van der Waals surface area contributed by atoms with E-state index in [2.05, 4.69) is 9.72 Å². The molecule has 1 aromatic heterocycles. The van der Waals surface area contributed by atoms with Crippen LogP contribution in [0.1, 0.15) is 22.3 Å². The van der Waals surface area contributed by atoms with Gasteiger partial charge < -0.3 is 9.30 Å². The highest BCUT2D eigenvalue weighted by molar-refractivity contribution is 7.90. The molecule has 0 aliphatic heterocycles. The van der Waals surface area contributed by atoms with Gasteiger partial charge in [-0.15, -0.1) is 0 Å². The third-order valence-electron chi connectivity index (χ3n) is 2.95. The largest absolute Gasteiger partial charge is 0.465 e. The summed E-state index contributed by atoms with van der Waals surface area (Å²) in [5.74, 6) is -1.03. The Hall–Kier alpha value is -2.29. The number of hydrogen-bond acceptors (Lipinski definition) is 5. The molecule has 2 rings (SSSR count). The van der Waals surface area contributed by atoms with Crippen LogP contribution in [0.25, 0.3) is 5.69 Å². The van der Waals surface area contributed by atoms with Crippen molar-refractivity contribution in [1.82, 2.24) is 9.55 Å². The molecular weight excluding hydrogens is 318 g/mol. The summed E-state index contributed by atoms with van der Waals surface area (Å²) in [4.78, 5) is 15.1. The van der Waals surface area contributed by atoms with Crippen LogP contribution in [0.2, 0.25) is 0 Å². The first-order valence-corrected chi connectivity index (χ1v) is 7.87. The minimum Gasteiger partial charge on any atom is -0.465 e. The van der Waals surface area contributed by atoms with Gasteiger partial charge in [0.05, 0.1) is 29.6 Å². The molecule has 0 spiro atoms. The van der Waals surface area contributed by atoms with Crippen LogP contribution >= 0.6 is 0 Å². The van der Waals surface area contributed by atoms with Crippen molar-refractivity contribution in [2.45, 2.75) is 11.3 Å². The molecule has 0 saturated carbocycles. The number of halogens is 2. The highest BCUT2D eigenvalue weighted by atomic mass is 32.2. The number of imidazole rings is 1. The number of carbonyl (C=O) groups is 1. The standard InChI is InChI=1S/C13H12F2N2O4S/c1-21-13(18)9-6-11(22(2,19)20)10(5-8(9)12(14)15)17-4-3-16-7-17/h3-7,12H,1-2H3. The van der Waals surface area contributed by atoms with Crippen molar-refractivity contribution in [3.8, 4) is 5.69 Å². The quantitative estimate of drug-likeness (QED) is 0.801. The van der Waals surface area contributed by atoms with Crippen LogP contribution in [-0.2, 0) is 14.6 Å². The third-order valence-corrected chi connectivity index (χ3v) is 4.08. The predicted molar refractivity (Wildman–Crippen MR) is 73.0 cm³/mol. The van der Waals surface area contributed by atoms with Gasteiger partial charge in [-0.2, -0.15) is 0 Å². The third kappa shape index (κ3) is 2.98. The first-order valence-electron chi connectivity index (χ1n) is 5.98. The molecule has 0 amide bonds. The van der Waals surface area contributed by atoms with Crippen molar-refractivity contribution in [3.05, 3.63) is 42.0 Å². The monoisotopic (exact) mass is 330 g/mol. The zero-order valence-electron chi connectivity index (χ0n) is 11.7. The van der Waals surface area contributed by atoms with E-state index in [0.29, 0.717) is 0 Å². The lowest BCUT2D eigenvalue weighted by atomic mass is 10.1. The average molecular weight is 330 g/mol. The number of benzene rings is 1. The number of carbonyl (C=O) groups excluding carboxylic acids is 1. The fraction of sp³-hybridized carbons (Fsp3) is 0.231. The van der Waals surface area contributed by atoms with Crippen molar-refractivity contribution in [3.63, 3.8) is 0 Å². The minimum absolute atomic E-state index is 0.0112. The Labute approximate surface area is 125 Å². The molecule has 0 bridgehead atoms. The molecule has 6 nitrogen and oxygen atoms in total. The Morgan fingerprint density at radius 1 is 1.36 bits per heavy atom. The van der Waals surface area contributed by atoms with Crippen LogP contribution in [0.5, 0.6) is 0 Å². The predicted octanol–water partition coefficient (Wildman–Crippen LogP) is 2.00. The Kier molecular flexibility index (Phi) is 4.27. The van der Waals surface area contributed by atoms with E-state index in [-0.39, 0.29) is 10.6 Å². The molecule has 2 aromatic rings. The molecular formula is C13H12F2N2O4S. The van der Waals surface area contributed by atoms with E-state index in [1.165, 1.54) is 23.3 Å². The summed E-state index contributed by atoms with van der Waals surface area (Å²) in [6.07, 6.45) is 2.02. The molecule has 0 atom stereocenters. The van der Waals surface area contributed by atoms with Crippen molar-refractivity contribution in [2.24, 2.45) is 0 Å². The molecule has 1 heterocycles. The molecule has 0 aliphatic carbocycles. The van der Waals surface area contributed by atoms with Gasteiger partial charge in [0.15, 0.2) is 9.84 Å². The average Bonchev–Trinajstić information content (AvgIpc) is 2.98. The fourth-order valence-corrected chi connectivity index (χ4v) is 2.83. The van der Waals surface area contributed by atoms with Gasteiger partial charge >= 0.3 is 5.97 Å². The Balaban J connectivity index is 2.84. The van der Waals surface area contributed by atoms with E-state index in [0.717, 1.165) is 25.5 Å². The van der Waals surface area contributed by atoms with E-state index in [9.17, 15) is 22.0 Å². The normalized spacial score (nSPS) is 11.7. The second-order valence-corrected chi connectivity index (χ2v) is 6.43. The Bertz CT molecular complexity index is 802. The summed E-state index contributed by atoms with van der Waals surface area (Å²) >= 11 is 0. The van der Waals surface area contributed by atoms with Gasteiger partial charge in [0, 0.05) is 24.2 Å². The maximum absolute atomic E-state index is 13.2. The van der Waals surface area contributed by atoms with E-state index in [1.807, 2.05) is 0 Å². The number of sulfone groups is 1. The van der Waals surface area contributed by atoms with Crippen LogP contribution in [-0.4, -0.2) is 37.3 Å². The zero-order valence-corrected chi connectivity index (χ0v) is 12.5. The van der Waals surface area contributed by atoms with E-state index >= 15 is 0 Å². The molecule has 9 heteroatoms. The van der Waals surface area contributed by atoms with Crippen LogP contribution < -0.4 is 0 Å². The maximum Gasteiger partial charge on any atom is 0.338 e. The molecule has 0 aliphatic rings. The van der Waals surface area contributed by atoms with E-state index in [1.54, 1.807) is 0 Å². The van der Waals surface area contributed by atoms with Gasteiger partial charge in [-0.1, -0.05) is 0 Å². The molecule has 0 radical (unpaired) electrons. The number of methoxy groups -OCH3 is 1. The fourth-order valence-electron chi connectivity index (χ4n) is 1.95. The van der Waals surface area contributed by atoms with Gasteiger partial charge in [-0.3, -0.25) is 0 Å². The smallest absolute Gasteiger partial charge is 0.338 e. The number of alkyl halides is 2. The number of esters is 1. The number of nitrogens with zero attached hydrogens (tertiary/aromatic N) is 2. The van der Waals surface area contributed by atoms with Crippen LogP contribution in [0, 0.1) is 0 Å². The number of rotatable bonds is 4. The van der Waals surface area contributed by atoms with Gasteiger partial charge in [0.1, 0.15) is 0 Å². The maximum atomic E-state index is 13.2. The molecule has 118 valence electrons. The summed E-state index contributed by atoms with van der Waals surface area (Å²) in [5.41, 5.74) is -1.10. The van der Waals surface area contributed by atoms with Crippen molar-refractivity contribution in [2.75, 3.05) is 13.4 Å². The molecule has 0 N–H and O–H groups in total. The second kappa shape index (κ2) is 5.84. The topological polar surface area (TPSA) is 78.3 Å². The highest BCUT2D eigenvalue weighted by Crippen LogP contribution is 2.31. The van der Waals surface area contributed by atoms with Gasteiger partial charge in [0.25, 0.3) is 6.43 Å². The van der Waals surface area contributed by atoms with Gasteiger partial charge in [0.2, 0.25) is 0 Å². The minimum atomic E-state index is -3.77.